The molecule has 0 radical (unpaired) electrons. The zero-order valence-electron chi connectivity index (χ0n) is 11.8. The van der Waals surface area contributed by atoms with Gasteiger partial charge in [0.25, 0.3) is 0 Å². The van der Waals surface area contributed by atoms with Gasteiger partial charge in [0, 0.05) is 19.8 Å². The Morgan fingerprint density at radius 1 is 1.20 bits per heavy atom. The number of amides is 1. The van der Waals surface area contributed by atoms with E-state index in [0.29, 0.717) is 32.8 Å². The fraction of sp³-hybridized carbons (Fsp3) is 0.857. The van der Waals surface area contributed by atoms with Gasteiger partial charge in [0.15, 0.2) is 0 Å². The van der Waals surface area contributed by atoms with E-state index in [0.717, 1.165) is 25.7 Å². The van der Waals surface area contributed by atoms with Crippen LogP contribution in [0.1, 0.15) is 38.5 Å². The summed E-state index contributed by atoms with van der Waals surface area (Å²) in [6, 6.07) is -0.653. The zero-order valence-corrected chi connectivity index (χ0v) is 11.8. The first-order valence-electron chi connectivity index (χ1n) is 7.40. The van der Waals surface area contributed by atoms with Crippen LogP contribution in [0.5, 0.6) is 0 Å². The number of carboxylic acid groups (broad SMARTS) is 1. The van der Waals surface area contributed by atoms with Gasteiger partial charge in [-0.2, -0.15) is 0 Å². The first-order chi connectivity index (χ1) is 9.68. The number of likely N-dealkylation sites (tertiary alicyclic amines) is 1. The molecule has 1 amide bonds. The lowest BCUT2D eigenvalue weighted by molar-refractivity contribution is -0.152. The molecule has 6 heteroatoms. The molecule has 0 aromatic heterocycles. The highest BCUT2D eigenvalue weighted by atomic mass is 16.5. The van der Waals surface area contributed by atoms with E-state index in [1.807, 2.05) is 0 Å². The van der Waals surface area contributed by atoms with Crippen LogP contribution in [-0.4, -0.2) is 60.4 Å². The quantitative estimate of drug-likeness (QED) is 0.816. The number of rotatable bonds is 5. The molecule has 0 aromatic rings. The summed E-state index contributed by atoms with van der Waals surface area (Å²) in [5.74, 6) is -1.01. The zero-order chi connectivity index (χ0) is 14.4. The maximum atomic E-state index is 12.1. The van der Waals surface area contributed by atoms with Crippen molar-refractivity contribution in [2.45, 2.75) is 50.7 Å². The third-order valence-electron chi connectivity index (χ3n) is 3.95. The van der Waals surface area contributed by atoms with Crippen LogP contribution in [0, 0.1) is 0 Å². The van der Waals surface area contributed by atoms with Crippen molar-refractivity contribution in [2.24, 2.45) is 0 Å². The van der Waals surface area contributed by atoms with Crippen molar-refractivity contribution in [1.29, 1.82) is 0 Å². The maximum absolute atomic E-state index is 12.1. The topological polar surface area (TPSA) is 76.1 Å². The first kappa shape index (κ1) is 15.3. The number of hydrogen-bond acceptors (Lipinski definition) is 4. The molecule has 2 aliphatic heterocycles. The second-order valence-electron chi connectivity index (χ2n) is 5.37. The summed E-state index contributed by atoms with van der Waals surface area (Å²) in [6.07, 6.45) is 4.50. The number of carbonyl (C=O) groups excluding carboxylic acids is 1. The summed E-state index contributed by atoms with van der Waals surface area (Å²) in [6.45, 7) is 2.34. The van der Waals surface area contributed by atoms with Crippen LogP contribution < -0.4 is 0 Å². The third kappa shape index (κ3) is 4.18. The van der Waals surface area contributed by atoms with E-state index in [9.17, 15) is 9.59 Å². The molecule has 2 heterocycles. The predicted octanol–water partition coefficient (Wildman–Crippen LogP) is 1.04. The minimum absolute atomic E-state index is 0.107. The molecule has 1 N–H and O–H groups in total. The molecular formula is C14H23NO5. The molecule has 0 aliphatic carbocycles. The average molecular weight is 285 g/mol. The Morgan fingerprint density at radius 2 is 1.95 bits per heavy atom. The van der Waals surface area contributed by atoms with Gasteiger partial charge < -0.3 is 19.5 Å². The molecule has 0 aromatic carbocycles. The van der Waals surface area contributed by atoms with Crippen LogP contribution >= 0.6 is 0 Å². The largest absolute Gasteiger partial charge is 0.480 e. The Balaban J connectivity index is 1.73. The molecule has 2 aliphatic rings. The SMILES string of the molecule is O=C(O)[C@H]1CCCCN1C(=O)CCOC1CCOCC1. The Labute approximate surface area is 119 Å². The lowest BCUT2D eigenvalue weighted by atomic mass is 10.0. The average Bonchev–Trinajstić information content (AvgIpc) is 2.48. The summed E-state index contributed by atoms with van der Waals surface area (Å²) in [7, 11) is 0. The molecule has 0 bridgehead atoms. The van der Waals surface area contributed by atoms with E-state index in [2.05, 4.69) is 0 Å². The number of hydrogen-bond donors (Lipinski definition) is 1. The van der Waals surface area contributed by atoms with Gasteiger partial charge in [-0.1, -0.05) is 0 Å². The number of carboxylic acids is 1. The van der Waals surface area contributed by atoms with Crippen LogP contribution in [-0.2, 0) is 19.1 Å². The molecule has 0 unspecified atom stereocenters. The third-order valence-corrected chi connectivity index (χ3v) is 3.95. The van der Waals surface area contributed by atoms with E-state index in [1.54, 1.807) is 0 Å². The van der Waals surface area contributed by atoms with Crippen LogP contribution in [0.25, 0.3) is 0 Å². The van der Waals surface area contributed by atoms with Crippen molar-refractivity contribution in [3.63, 3.8) is 0 Å². The molecule has 0 spiro atoms. The summed E-state index contributed by atoms with van der Waals surface area (Å²) in [4.78, 5) is 24.8. The normalized spacial score (nSPS) is 24.6. The van der Waals surface area contributed by atoms with E-state index < -0.39 is 12.0 Å². The fourth-order valence-corrected chi connectivity index (χ4v) is 2.79. The van der Waals surface area contributed by atoms with Crippen LogP contribution in [0.3, 0.4) is 0 Å². The highest BCUT2D eigenvalue weighted by Crippen LogP contribution is 2.18. The van der Waals surface area contributed by atoms with E-state index in [-0.39, 0.29) is 18.4 Å². The highest BCUT2D eigenvalue weighted by Gasteiger charge is 2.31. The minimum atomic E-state index is -0.900. The van der Waals surface area contributed by atoms with Gasteiger partial charge in [0.2, 0.25) is 5.91 Å². The van der Waals surface area contributed by atoms with Crippen molar-refractivity contribution in [1.82, 2.24) is 4.90 Å². The second kappa shape index (κ2) is 7.59. The standard InChI is InChI=1S/C14H23NO5/c16-13(6-10-20-11-4-8-19-9-5-11)15-7-2-1-3-12(15)14(17)18/h11-12H,1-10H2,(H,17,18)/t12-/m1/s1. The molecule has 0 saturated carbocycles. The molecular weight excluding hydrogens is 262 g/mol. The van der Waals surface area contributed by atoms with Gasteiger partial charge >= 0.3 is 5.97 Å². The van der Waals surface area contributed by atoms with Crippen molar-refractivity contribution < 1.29 is 24.2 Å². The Hall–Kier alpha value is -1.14. The predicted molar refractivity (Wildman–Crippen MR) is 71.4 cm³/mol. The van der Waals surface area contributed by atoms with Crippen LogP contribution in [0.2, 0.25) is 0 Å². The van der Waals surface area contributed by atoms with Crippen LogP contribution in [0.4, 0.5) is 0 Å². The van der Waals surface area contributed by atoms with E-state index >= 15 is 0 Å². The second-order valence-corrected chi connectivity index (χ2v) is 5.37. The number of ether oxygens (including phenoxy) is 2. The smallest absolute Gasteiger partial charge is 0.326 e. The molecule has 20 heavy (non-hydrogen) atoms. The summed E-state index contributed by atoms with van der Waals surface area (Å²) in [5.41, 5.74) is 0. The van der Waals surface area contributed by atoms with Gasteiger partial charge in [0.05, 0.1) is 19.1 Å². The number of piperidine rings is 1. The van der Waals surface area contributed by atoms with Gasteiger partial charge in [-0.15, -0.1) is 0 Å². The monoisotopic (exact) mass is 285 g/mol. The molecule has 114 valence electrons. The lowest BCUT2D eigenvalue weighted by Gasteiger charge is -2.33. The van der Waals surface area contributed by atoms with E-state index in [4.69, 9.17) is 14.6 Å². The highest BCUT2D eigenvalue weighted by molar-refractivity contribution is 5.83. The molecule has 6 nitrogen and oxygen atoms in total. The van der Waals surface area contributed by atoms with Crippen molar-refractivity contribution in [2.75, 3.05) is 26.4 Å². The summed E-state index contributed by atoms with van der Waals surface area (Å²) in [5, 5.41) is 9.15. The number of aliphatic carboxylic acids is 1. The maximum Gasteiger partial charge on any atom is 0.326 e. The van der Waals surface area contributed by atoms with Crippen molar-refractivity contribution in [3.8, 4) is 0 Å². The lowest BCUT2D eigenvalue weighted by Crippen LogP contribution is -2.48. The minimum Gasteiger partial charge on any atom is -0.480 e. The Morgan fingerprint density at radius 3 is 2.65 bits per heavy atom. The molecule has 1 atom stereocenters. The van der Waals surface area contributed by atoms with Gasteiger partial charge in [0.1, 0.15) is 6.04 Å². The summed E-state index contributed by atoms with van der Waals surface area (Å²) < 4.78 is 10.9. The summed E-state index contributed by atoms with van der Waals surface area (Å²) >= 11 is 0. The number of carbonyl (C=O) groups is 2. The Kier molecular flexibility index (Phi) is 5.79. The van der Waals surface area contributed by atoms with Crippen molar-refractivity contribution >= 4 is 11.9 Å². The molecule has 2 rings (SSSR count). The van der Waals surface area contributed by atoms with Crippen LogP contribution in [0.15, 0.2) is 0 Å². The van der Waals surface area contributed by atoms with Gasteiger partial charge in [-0.25, -0.2) is 4.79 Å². The van der Waals surface area contributed by atoms with Gasteiger partial charge in [-0.05, 0) is 32.1 Å². The molecule has 2 saturated heterocycles. The van der Waals surface area contributed by atoms with Gasteiger partial charge in [-0.3, -0.25) is 4.79 Å². The molecule has 2 fully saturated rings. The van der Waals surface area contributed by atoms with Crippen molar-refractivity contribution in [3.05, 3.63) is 0 Å². The van der Waals surface area contributed by atoms with E-state index in [1.165, 1.54) is 4.90 Å². The Bertz CT molecular complexity index is 340. The number of nitrogens with zero attached hydrogens (tertiary/aromatic N) is 1. The first-order valence-corrected chi connectivity index (χ1v) is 7.40. The fourth-order valence-electron chi connectivity index (χ4n) is 2.79.